The van der Waals surface area contributed by atoms with Crippen molar-refractivity contribution in [3.8, 4) is 12.3 Å². The van der Waals surface area contributed by atoms with Crippen molar-refractivity contribution in [1.82, 2.24) is 10.2 Å². The van der Waals surface area contributed by atoms with E-state index < -0.39 is 35.6 Å². The average molecular weight is 560 g/mol. The van der Waals surface area contributed by atoms with E-state index in [1.807, 2.05) is 56.3 Å². The third-order valence-electron chi connectivity index (χ3n) is 6.43. The van der Waals surface area contributed by atoms with E-state index in [0.29, 0.717) is 23.2 Å². The van der Waals surface area contributed by atoms with E-state index in [-0.39, 0.29) is 11.8 Å². The zero-order chi connectivity index (χ0) is 29.4. The van der Waals surface area contributed by atoms with Gasteiger partial charge in [0.25, 0.3) is 5.91 Å². The Labute approximate surface area is 242 Å². The van der Waals surface area contributed by atoms with Gasteiger partial charge in [-0.15, -0.1) is 6.42 Å². The number of nitrogens with zero attached hydrogens (tertiary/aromatic N) is 1. The highest BCUT2D eigenvalue weighted by atomic mass is 32.1. The molecule has 0 heterocycles. The molecule has 3 rings (SSSR count). The van der Waals surface area contributed by atoms with Crippen molar-refractivity contribution >= 4 is 47.0 Å². The summed E-state index contributed by atoms with van der Waals surface area (Å²) >= 11 is 4.34. The molecule has 7 nitrogen and oxygen atoms in total. The Morgan fingerprint density at radius 3 is 2.25 bits per heavy atom. The minimum atomic E-state index is -1.02. The second-order valence-electron chi connectivity index (χ2n) is 10.6. The van der Waals surface area contributed by atoms with Crippen molar-refractivity contribution in [2.75, 3.05) is 11.1 Å². The first kappa shape index (κ1) is 30.6. The lowest BCUT2D eigenvalue weighted by Gasteiger charge is -2.38. The fourth-order valence-electron chi connectivity index (χ4n) is 4.29. The Hall–Kier alpha value is -3.96. The number of anilines is 1. The van der Waals surface area contributed by atoms with Crippen molar-refractivity contribution < 1.29 is 19.1 Å². The molecule has 0 saturated heterocycles. The Morgan fingerprint density at radius 1 is 1.02 bits per heavy atom. The number of hydrogen-bond donors (Lipinski definition) is 3. The second-order valence-corrected chi connectivity index (χ2v) is 11.0. The number of carbonyl (C=O) groups is 3. The topological polar surface area (TPSA) is 87.7 Å². The summed E-state index contributed by atoms with van der Waals surface area (Å²) in [5.74, 6) is 1.75. The number of carbonyl (C=O) groups excluding carboxylic acids is 3. The Balaban J connectivity index is 2.02. The number of alkyl carbamates (subject to hydrolysis) is 1. The first-order chi connectivity index (χ1) is 19.0. The number of ether oxygens (including phenoxy) is 1. The van der Waals surface area contributed by atoms with Gasteiger partial charge in [0, 0.05) is 23.0 Å². The quantitative estimate of drug-likeness (QED) is 0.223. The molecule has 0 aliphatic carbocycles. The molecule has 3 aromatic carbocycles. The Morgan fingerprint density at radius 2 is 1.68 bits per heavy atom. The summed E-state index contributed by atoms with van der Waals surface area (Å²) in [5.41, 5.74) is 1.09. The van der Waals surface area contributed by atoms with E-state index in [0.717, 1.165) is 10.8 Å². The number of amides is 3. The lowest BCUT2D eigenvalue weighted by atomic mass is 9.99. The van der Waals surface area contributed by atoms with Gasteiger partial charge in [-0.05, 0) is 74.7 Å². The van der Waals surface area contributed by atoms with Gasteiger partial charge in [-0.1, -0.05) is 55.3 Å². The maximum atomic E-state index is 14.0. The summed E-state index contributed by atoms with van der Waals surface area (Å²) in [6.07, 6.45) is 5.39. The summed E-state index contributed by atoms with van der Waals surface area (Å²) < 4.78 is 5.37. The molecule has 0 saturated carbocycles. The predicted octanol–water partition coefficient (Wildman–Crippen LogP) is 5.95. The molecular weight excluding hydrogens is 522 g/mol. The van der Waals surface area contributed by atoms with Crippen molar-refractivity contribution in [3.05, 3.63) is 77.9 Å². The standard InChI is InChI=1S/C32H37N3O4S/c1-7-21(3)35(30(37)27(20-40)34-31(38)39-32(4,5)6)28(24-15-13-22(8-2)14-16-24)29(36)33-26-18-17-23-11-9-10-12-25(23)19-26/h2,9-19,21,27-28,40H,7,20H2,1,3-6H3,(H,33,36)(H,34,38). The summed E-state index contributed by atoms with van der Waals surface area (Å²) in [7, 11) is 0. The largest absolute Gasteiger partial charge is 0.444 e. The normalized spacial score (nSPS) is 13.4. The highest BCUT2D eigenvalue weighted by molar-refractivity contribution is 7.80. The number of hydrogen-bond acceptors (Lipinski definition) is 5. The molecule has 2 N–H and O–H groups in total. The van der Waals surface area contributed by atoms with E-state index in [1.54, 1.807) is 45.0 Å². The molecular formula is C32H37N3O4S. The molecule has 0 aliphatic heterocycles. The van der Waals surface area contributed by atoms with Gasteiger partial charge in [0.2, 0.25) is 5.91 Å². The molecule has 0 aromatic heterocycles. The van der Waals surface area contributed by atoms with Gasteiger partial charge in [0.05, 0.1) is 0 Å². The second kappa shape index (κ2) is 13.4. The zero-order valence-electron chi connectivity index (χ0n) is 23.6. The molecule has 40 heavy (non-hydrogen) atoms. The van der Waals surface area contributed by atoms with E-state index >= 15 is 0 Å². The minimum absolute atomic E-state index is 0.0139. The maximum absolute atomic E-state index is 14.0. The monoisotopic (exact) mass is 559 g/mol. The highest BCUT2D eigenvalue weighted by Crippen LogP contribution is 2.29. The lowest BCUT2D eigenvalue weighted by molar-refractivity contribution is -0.142. The van der Waals surface area contributed by atoms with Gasteiger partial charge in [-0.25, -0.2) is 4.79 Å². The highest BCUT2D eigenvalue weighted by Gasteiger charge is 2.38. The number of thiol groups is 1. The van der Waals surface area contributed by atoms with Crippen molar-refractivity contribution in [2.24, 2.45) is 0 Å². The van der Waals surface area contributed by atoms with E-state index in [9.17, 15) is 14.4 Å². The van der Waals surface area contributed by atoms with E-state index in [1.165, 1.54) is 4.90 Å². The van der Waals surface area contributed by atoms with Gasteiger partial charge in [-0.2, -0.15) is 12.6 Å². The lowest BCUT2D eigenvalue weighted by Crippen LogP contribution is -2.55. The van der Waals surface area contributed by atoms with Crippen molar-refractivity contribution in [3.63, 3.8) is 0 Å². The van der Waals surface area contributed by atoms with Crippen LogP contribution in [0.1, 0.15) is 58.2 Å². The van der Waals surface area contributed by atoms with Crippen LogP contribution in [0, 0.1) is 12.3 Å². The van der Waals surface area contributed by atoms with Gasteiger partial charge in [-0.3, -0.25) is 9.59 Å². The molecule has 210 valence electrons. The molecule has 3 unspecified atom stereocenters. The van der Waals surface area contributed by atoms with Crippen molar-refractivity contribution in [1.29, 1.82) is 0 Å². The average Bonchev–Trinajstić information content (AvgIpc) is 2.92. The number of rotatable bonds is 9. The fraction of sp³-hybridized carbons (Fsp3) is 0.344. The van der Waals surface area contributed by atoms with Gasteiger partial charge in [0.15, 0.2) is 0 Å². The molecule has 0 bridgehead atoms. The molecule has 0 spiro atoms. The third kappa shape index (κ3) is 7.80. The SMILES string of the molecule is C#Cc1ccc(C(C(=O)Nc2ccc3ccccc3c2)N(C(=O)C(CS)NC(=O)OC(C)(C)C)C(C)CC)cc1. The van der Waals surface area contributed by atoms with Crippen LogP contribution in [0.25, 0.3) is 10.8 Å². The van der Waals surface area contributed by atoms with Crippen LogP contribution in [-0.2, 0) is 14.3 Å². The van der Waals surface area contributed by atoms with Crippen LogP contribution in [0.2, 0.25) is 0 Å². The summed E-state index contributed by atoms with van der Waals surface area (Å²) in [6.45, 7) is 9.02. The molecule has 8 heteroatoms. The molecule has 3 atom stereocenters. The van der Waals surface area contributed by atoms with Crippen LogP contribution in [-0.4, -0.2) is 46.2 Å². The van der Waals surface area contributed by atoms with Gasteiger partial charge < -0.3 is 20.3 Å². The third-order valence-corrected chi connectivity index (χ3v) is 6.79. The van der Waals surface area contributed by atoms with Crippen LogP contribution >= 0.6 is 12.6 Å². The van der Waals surface area contributed by atoms with Gasteiger partial charge in [0.1, 0.15) is 17.7 Å². The number of terminal acetylenes is 1. The summed E-state index contributed by atoms with van der Waals surface area (Å²) in [6, 6.07) is 18.1. The first-order valence-corrected chi connectivity index (χ1v) is 13.9. The van der Waals surface area contributed by atoms with Crippen LogP contribution in [0.3, 0.4) is 0 Å². The van der Waals surface area contributed by atoms with Crippen LogP contribution in [0.15, 0.2) is 66.7 Å². The summed E-state index contributed by atoms with van der Waals surface area (Å²) in [5, 5.41) is 7.65. The smallest absolute Gasteiger partial charge is 0.408 e. The molecule has 3 aromatic rings. The fourth-order valence-corrected chi connectivity index (χ4v) is 4.54. The van der Waals surface area contributed by atoms with Crippen molar-refractivity contribution in [2.45, 2.75) is 64.8 Å². The van der Waals surface area contributed by atoms with E-state index in [4.69, 9.17) is 11.2 Å². The summed E-state index contributed by atoms with van der Waals surface area (Å²) in [4.78, 5) is 42.1. The minimum Gasteiger partial charge on any atom is -0.444 e. The van der Waals surface area contributed by atoms with Crippen LogP contribution in [0.4, 0.5) is 10.5 Å². The van der Waals surface area contributed by atoms with Crippen LogP contribution in [0.5, 0.6) is 0 Å². The van der Waals surface area contributed by atoms with E-state index in [2.05, 4.69) is 29.2 Å². The number of benzene rings is 3. The maximum Gasteiger partial charge on any atom is 0.408 e. The predicted molar refractivity (Wildman–Crippen MR) is 163 cm³/mol. The molecule has 0 fully saturated rings. The van der Waals surface area contributed by atoms with Crippen LogP contribution < -0.4 is 10.6 Å². The molecule has 0 aliphatic rings. The zero-order valence-corrected chi connectivity index (χ0v) is 24.5. The number of fused-ring (bicyclic) bond motifs is 1. The van der Waals surface area contributed by atoms with Gasteiger partial charge >= 0.3 is 6.09 Å². The number of nitrogens with one attached hydrogen (secondary N) is 2. The first-order valence-electron chi connectivity index (χ1n) is 13.3. The molecule has 3 amide bonds. The molecule has 0 radical (unpaired) electrons. The Kier molecular flexibility index (Phi) is 10.2. The Bertz CT molecular complexity index is 1390.